The second kappa shape index (κ2) is 13.6. The Balaban J connectivity index is 0.00000450. The van der Waals surface area contributed by atoms with Crippen LogP contribution in [0.15, 0.2) is 42.5 Å². The molecule has 0 bridgehead atoms. The molecule has 2 aromatic carbocycles. The van der Waals surface area contributed by atoms with Gasteiger partial charge in [0.1, 0.15) is 23.9 Å². The smallest absolute Gasteiger partial charge is 0.550 e. The molecule has 0 spiro atoms. The van der Waals surface area contributed by atoms with Gasteiger partial charge < -0.3 is 29.6 Å². The Labute approximate surface area is 197 Å². The molecule has 2 rings (SSSR count). The first-order valence-corrected chi connectivity index (χ1v) is 9.50. The Bertz CT molecular complexity index is 784. The Morgan fingerprint density at radius 1 is 1.10 bits per heavy atom. The van der Waals surface area contributed by atoms with E-state index in [9.17, 15) is 24.5 Å². The maximum absolute atomic E-state index is 12.9. The molecule has 2 aromatic rings. The predicted octanol–water partition coefficient (Wildman–Crippen LogP) is -1.22. The van der Waals surface area contributed by atoms with E-state index in [4.69, 9.17) is 9.47 Å². The summed E-state index contributed by atoms with van der Waals surface area (Å²) < 4.78 is 24.3. The molecule has 2 atom stereocenters. The molecule has 158 valence electrons. The van der Waals surface area contributed by atoms with Crippen LogP contribution in [0.5, 0.6) is 11.5 Å². The van der Waals surface area contributed by atoms with Gasteiger partial charge in [0.05, 0.1) is 18.8 Å². The number of carboxylic acid groups (broad SMARTS) is 1. The minimum absolute atomic E-state index is 0. The number of halogens is 1. The normalized spacial score (nSPS) is 12.5. The van der Waals surface area contributed by atoms with Gasteiger partial charge in [-0.2, -0.15) is 0 Å². The Morgan fingerprint density at radius 2 is 1.80 bits per heavy atom. The molecule has 0 fully saturated rings. The fourth-order valence-electron chi connectivity index (χ4n) is 2.94. The van der Waals surface area contributed by atoms with Crippen LogP contribution in [-0.4, -0.2) is 41.6 Å². The fourth-order valence-corrected chi connectivity index (χ4v) is 2.94. The van der Waals surface area contributed by atoms with E-state index in [-0.39, 0.29) is 48.4 Å². The maximum Gasteiger partial charge on any atom is 1.00 e. The average molecular weight is 428 g/mol. The summed E-state index contributed by atoms with van der Waals surface area (Å²) in [5.74, 6) is -0.420. The Morgan fingerprint density at radius 3 is 2.47 bits per heavy atom. The van der Waals surface area contributed by atoms with Crippen LogP contribution in [0.2, 0.25) is 0 Å². The number of aryl methyl sites for hydroxylation is 2. The summed E-state index contributed by atoms with van der Waals surface area (Å²) >= 11 is 0. The zero-order valence-electron chi connectivity index (χ0n) is 17.3. The molecule has 8 heteroatoms. The number of hydrogen-bond donors (Lipinski definition) is 2. The average Bonchev–Trinajstić information content (AvgIpc) is 2.65. The van der Waals surface area contributed by atoms with Crippen molar-refractivity contribution in [1.82, 2.24) is 0 Å². The van der Waals surface area contributed by atoms with Crippen molar-refractivity contribution in [2.24, 2.45) is 0 Å². The van der Waals surface area contributed by atoms with Crippen LogP contribution in [0, 0.1) is 12.7 Å². The number of ether oxygens (including phenoxy) is 2. The summed E-state index contributed by atoms with van der Waals surface area (Å²) in [5.41, 5.74) is 1.86. The first-order valence-electron chi connectivity index (χ1n) is 9.50. The Kier molecular flexibility index (Phi) is 12.0. The van der Waals surface area contributed by atoms with E-state index in [1.807, 2.05) is 25.1 Å². The van der Waals surface area contributed by atoms with Crippen molar-refractivity contribution in [2.45, 2.75) is 44.8 Å². The molecule has 30 heavy (non-hydrogen) atoms. The number of aliphatic hydroxyl groups is 2. The Hall–Kier alpha value is -1.64. The molecule has 0 amide bonds. The first-order chi connectivity index (χ1) is 13.8. The number of benzene rings is 2. The number of para-hydroxylation sites is 1. The zero-order valence-corrected chi connectivity index (χ0v) is 19.3. The van der Waals surface area contributed by atoms with Crippen molar-refractivity contribution in [3.63, 3.8) is 0 Å². The van der Waals surface area contributed by atoms with Gasteiger partial charge in [-0.15, -0.1) is 0 Å². The number of aliphatic carboxylic acids is 1. The van der Waals surface area contributed by atoms with Crippen molar-refractivity contribution in [1.29, 1.82) is 0 Å². The van der Waals surface area contributed by atoms with Crippen LogP contribution < -0.4 is 44.1 Å². The molecule has 0 saturated heterocycles. The molecule has 0 heterocycles. The molecular formula is C22H26FNaO6. The fraction of sp³-hybridized carbons (Fsp3) is 0.409. The van der Waals surface area contributed by atoms with E-state index in [1.165, 1.54) is 12.1 Å². The second-order valence-electron chi connectivity index (χ2n) is 6.90. The van der Waals surface area contributed by atoms with Gasteiger partial charge in [-0.05, 0) is 55.2 Å². The molecule has 2 N–H and O–H groups in total. The third kappa shape index (κ3) is 9.45. The zero-order chi connectivity index (χ0) is 21.2. The summed E-state index contributed by atoms with van der Waals surface area (Å²) in [6, 6.07) is 11.6. The van der Waals surface area contributed by atoms with Gasteiger partial charge >= 0.3 is 29.6 Å². The van der Waals surface area contributed by atoms with E-state index in [1.54, 1.807) is 12.1 Å². The predicted molar refractivity (Wildman–Crippen MR) is 103 cm³/mol. The van der Waals surface area contributed by atoms with Crippen molar-refractivity contribution in [3.05, 3.63) is 59.4 Å². The van der Waals surface area contributed by atoms with Gasteiger partial charge in [0, 0.05) is 18.8 Å². The standard InChI is InChI=1S/C22H27FO6.Na/c1-15-4-2-5-16(6-3-11-28-20-9-7-17(23)8-10-20)22(15)29-14-19(25)12-18(24)13-21(26)27;/h2,4-5,7-10,18-19,24-25H,3,6,11-14H2,1H3,(H,26,27);/q;+1/p-1/t18-,19?;/m1./s1. The van der Waals surface area contributed by atoms with Crippen LogP contribution in [-0.2, 0) is 11.2 Å². The van der Waals surface area contributed by atoms with Gasteiger partial charge in [0.25, 0.3) is 0 Å². The topological polar surface area (TPSA) is 99.1 Å². The molecule has 0 aliphatic rings. The molecule has 1 unspecified atom stereocenters. The van der Waals surface area contributed by atoms with Gasteiger partial charge in [-0.3, -0.25) is 0 Å². The molecule has 0 aliphatic heterocycles. The van der Waals surface area contributed by atoms with Crippen molar-refractivity contribution < 1.29 is 63.5 Å². The summed E-state index contributed by atoms with van der Waals surface area (Å²) in [6.45, 7) is 2.29. The maximum atomic E-state index is 12.9. The van der Waals surface area contributed by atoms with Crippen LogP contribution in [0.1, 0.15) is 30.4 Å². The van der Waals surface area contributed by atoms with E-state index >= 15 is 0 Å². The van der Waals surface area contributed by atoms with Crippen LogP contribution >= 0.6 is 0 Å². The van der Waals surface area contributed by atoms with E-state index in [2.05, 4.69) is 0 Å². The monoisotopic (exact) mass is 428 g/mol. The molecule has 0 radical (unpaired) electrons. The van der Waals surface area contributed by atoms with Gasteiger partial charge in [-0.25, -0.2) is 4.39 Å². The third-order valence-corrected chi connectivity index (χ3v) is 4.33. The second-order valence-corrected chi connectivity index (χ2v) is 6.90. The van der Waals surface area contributed by atoms with Crippen molar-refractivity contribution in [3.8, 4) is 11.5 Å². The molecule has 0 aliphatic carbocycles. The van der Waals surface area contributed by atoms with Crippen LogP contribution in [0.25, 0.3) is 0 Å². The van der Waals surface area contributed by atoms with Crippen LogP contribution in [0.4, 0.5) is 4.39 Å². The summed E-state index contributed by atoms with van der Waals surface area (Å²) in [7, 11) is 0. The van der Waals surface area contributed by atoms with E-state index in [0.29, 0.717) is 30.9 Å². The quantitative estimate of drug-likeness (QED) is 0.325. The van der Waals surface area contributed by atoms with Crippen molar-refractivity contribution in [2.75, 3.05) is 13.2 Å². The number of aliphatic hydroxyl groups excluding tert-OH is 2. The summed E-state index contributed by atoms with van der Waals surface area (Å²) in [4.78, 5) is 10.5. The SMILES string of the molecule is Cc1cccc(CCCOc2ccc(F)cc2)c1OCC(O)C[C@@H](O)CC(=O)[O-].[Na+]. The third-order valence-electron chi connectivity index (χ3n) is 4.33. The van der Waals surface area contributed by atoms with Gasteiger partial charge in [0.15, 0.2) is 0 Å². The molecule has 6 nitrogen and oxygen atoms in total. The first kappa shape index (κ1) is 26.4. The molecule has 0 saturated carbocycles. The molecule has 0 aromatic heterocycles. The van der Waals surface area contributed by atoms with Gasteiger partial charge in [-0.1, -0.05) is 18.2 Å². The number of rotatable bonds is 12. The number of carbonyl (C=O) groups is 1. The number of carbonyl (C=O) groups excluding carboxylic acids is 1. The number of hydrogen-bond acceptors (Lipinski definition) is 6. The van der Waals surface area contributed by atoms with Crippen LogP contribution in [0.3, 0.4) is 0 Å². The van der Waals surface area contributed by atoms with Gasteiger partial charge in [0.2, 0.25) is 0 Å². The molecular weight excluding hydrogens is 402 g/mol. The van der Waals surface area contributed by atoms with E-state index < -0.39 is 24.6 Å². The summed E-state index contributed by atoms with van der Waals surface area (Å²) in [5, 5.41) is 30.0. The number of carboxylic acids is 1. The minimum atomic E-state index is -1.37. The minimum Gasteiger partial charge on any atom is -0.550 e. The largest absolute Gasteiger partial charge is 1.00 e. The van der Waals surface area contributed by atoms with Crippen molar-refractivity contribution >= 4 is 5.97 Å². The van der Waals surface area contributed by atoms with E-state index in [0.717, 1.165) is 11.1 Å². The summed E-state index contributed by atoms with van der Waals surface area (Å²) in [6.07, 6.45) is -1.43.